The number of hydrogen-bond donors (Lipinski definition) is 2. The fraction of sp³-hybridized carbons (Fsp3) is 0.500. The molecule has 1 fully saturated rings. The van der Waals surface area contributed by atoms with E-state index in [1.54, 1.807) is 0 Å². The lowest BCUT2D eigenvalue weighted by molar-refractivity contribution is -0.142. The van der Waals surface area contributed by atoms with E-state index in [1.807, 2.05) is 0 Å². The Morgan fingerprint density at radius 2 is 2.17 bits per heavy atom. The van der Waals surface area contributed by atoms with E-state index in [-0.39, 0.29) is 6.61 Å². The summed E-state index contributed by atoms with van der Waals surface area (Å²) >= 11 is 0.566. The molecule has 9 nitrogen and oxygen atoms in total. The van der Waals surface area contributed by atoms with Crippen LogP contribution in [0.3, 0.4) is 0 Å². The smallest absolute Gasteiger partial charge is 0.442 e. The van der Waals surface area contributed by atoms with Crippen LogP contribution in [0.5, 0.6) is 0 Å². The molecular weight excluding hydrogens is 338 g/mol. The summed E-state index contributed by atoms with van der Waals surface area (Å²) in [5.41, 5.74) is 8.06. The summed E-state index contributed by atoms with van der Waals surface area (Å²) in [6.07, 6.45) is 0.197. The monoisotopic (exact) mass is 355 g/mol. The normalized spacial score (nSPS) is 21.4. The molecule has 0 aromatic carbocycles. The number of β-lactam (4-membered cyclic amide) rings is 1. The summed E-state index contributed by atoms with van der Waals surface area (Å²) in [7, 11) is 0. The Morgan fingerprint density at radius 3 is 2.58 bits per heavy atom. The first-order chi connectivity index (χ1) is 11.2. The Labute approximate surface area is 142 Å². The van der Waals surface area contributed by atoms with Crippen LogP contribution >= 0.6 is 11.8 Å². The highest BCUT2D eigenvalue weighted by Crippen LogP contribution is 2.30. The van der Waals surface area contributed by atoms with Gasteiger partial charge in [0.1, 0.15) is 11.9 Å². The molecule has 0 bridgehead atoms. The molecule has 1 aliphatic heterocycles. The minimum atomic E-state index is -1.23. The van der Waals surface area contributed by atoms with E-state index in [0.29, 0.717) is 11.8 Å². The van der Waals surface area contributed by atoms with E-state index in [2.05, 4.69) is 21.4 Å². The third-order valence-corrected chi connectivity index (χ3v) is 4.35. The molecule has 24 heavy (non-hydrogen) atoms. The lowest BCUT2D eigenvalue weighted by Crippen LogP contribution is -2.67. The van der Waals surface area contributed by atoms with Gasteiger partial charge in [-0.2, -0.15) is 4.79 Å². The number of nitrogens with zero attached hydrogens (tertiary/aromatic N) is 2. The quantitative estimate of drug-likeness (QED) is 0.109. The Kier molecular flexibility index (Phi) is 7.02. The summed E-state index contributed by atoms with van der Waals surface area (Å²) in [6, 6.07) is -0.886. The largest absolute Gasteiger partial charge is 0.453 e. The molecule has 10 heteroatoms. The van der Waals surface area contributed by atoms with Crippen LogP contribution in [-0.4, -0.2) is 62.4 Å². The maximum absolute atomic E-state index is 12.5. The maximum Gasteiger partial charge on any atom is 0.442 e. The third-order valence-electron chi connectivity index (χ3n) is 3.25. The van der Waals surface area contributed by atoms with Crippen LogP contribution in [0.15, 0.2) is 12.7 Å². The van der Waals surface area contributed by atoms with Gasteiger partial charge in [0.25, 0.3) is 5.78 Å². The van der Waals surface area contributed by atoms with Crippen molar-refractivity contribution in [2.75, 3.05) is 6.61 Å². The Morgan fingerprint density at radius 1 is 1.54 bits per heavy atom. The number of Topliss-reactive ketones (excluding diaryl/α,β-unsaturated/α-hetero) is 1. The first kappa shape index (κ1) is 19.8. The number of thioether (sulfide) groups is 1. The van der Waals surface area contributed by atoms with Crippen molar-refractivity contribution >= 4 is 40.2 Å². The summed E-state index contributed by atoms with van der Waals surface area (Å²) in [5, 5.41) is 10.4. The number of aliphatic hydroxyl groups is 1. The first-order valence-corrected chi connectivity index (χ1v) is 7.82. The van der Waals surface area contributed by atoms with E-state index in [0.717, 1.165) is 0 Å². The molecule has 0 aromatic heterocycles. The van der Waals surface area contributed by atoms with Crippen molar-refractivity contribution in [2.24, 2.45) is 5.92 Å². The lowest BCUT2D eigenvalue weighted by atomic mass is 9.82. The molecule has 2 N–H and O–H groups in total. The average Bonchev–Trinajstić information content (AvgIpc) is 2.47. The van der Waals surface area contributed by atoms with E-state index in [1.165, 1.54) is 19.9 Å². The summed E-state index contributed by atoms with van der Waals surface area (Å²) in [4.78, 5) is 49.9. The van der Waals surface area contributed by atoms with Gasteiger partial charge in [-0.15, -0.1) is 0 Å². The molecule has 0 unspecified atom stereocenters. The highest BCUT2D eigenvalue weighted by Gasteiger charge is 2.52. The van der Waals surface area contributed by atoms with E-state index in [4.69, 9.17) is 5.53 Å². The van der Waals surface area contributed by atoms with Crippen LogP contribution in [0.2, 0.25) is 0 Å². The number of carbonyl (C=O) groups is 4. The lowest BCUT2D eigenvalue weighted by Gasteiger charge is -2.41. The molecular formula is C14H17N3O6S. The number of carbonyl (C=O) groups excluding carboxylic acids is 4. The highest BCUT2D eigenvalue weighted by molar-refractivity contribution is 8.14. The van der Waals surface area contributed by atoms with Crippen molar-refractivity contribution < 1.29 is 33.8 Å². The molecule has 0 spiro atoms. The van der Waals surface area contributed by atoms with Gasteiger partial charge in [-0.1, -0.05) is 24.4 Å². The van der Waals surface area contributed by atoms with Crippen LogP contribution in [0.4, 0.5) is 0 Å². The highest BCUT2D eigenvalue weighted by atomic mass is 32.2. The first-order valence-electron chi connectivity index (χ1n) is 6.94. The molecule has 0 aliphatic carbocycles. The fourth-order valence-electron chi connectivity index (χ4n) is 2.20. The molecule has 1 aliphatic rings. The molecule has 1 heterocycles. The third kappa shape index (κ3) is 4.38. The molecule has 1 amide bonds. The zero-order chi connectivity index (χ0) is 18.4. The number of rotatable bonds is 8. The number of aliphatic hydroxyl groups excluding tert-OH is 1. The van der Waals surface area contributed by atoms with Gasteiger partial charge in [-0.3, -0.25) is 14.4 Å². The number of amides is 1. The zero-order valence-corrected chi connectivity index (χ0v) is 13.9. The molecule has 1 rings (SSSR count). The number of ether oxygens (including phenoxy) is 1. The van der Waals surface area contributed by atoms with Crippen molar-refractivity contribution in [2.45, 2.75) is 31.2 Å². The van der Waals surface area contributed by atoms with Gasteiger partial charge in [0.15, 0.2) is 5.12 Å². The Hall–Kier alpha value is -2.29. The van der Waals surface area contributed by atoms with Crippen molar-refractivity contribution in [1.29, 1.82) is 0 Å². The molecule has 0 saturated carbocycles. The van der Waals surface area contributed by atoms with Gasteiger partial charge in [0, 0.05) is 6.92 Å². The van der Waals surface area contributed by atoms with Crippen LogP contribution in [0.1, 0.15) is 13.8 Å². The number of nitrogens with one attached hydrogen (secondary N) is 1. The van der Waals surface area contributed by atoms with Gasteiger partial charge >= 0.3 is 11.7 Å². The maximum atomic E-state index is 12.5. The second kappa shape index (κ2) is 8.53. The van der Waals surface area contributed by atoms with Gasteiger partial charge in [-0.25, -0.2) is 4.79 Å². The Balaban J connectivity index is 3.07. The molecule has 130 valence electrons. The zero-order valence-electron chi connectivity index (χ0n) is 13.1. The summed E-state index contributed by atoms with van der Waals surface area (Å²) < 4.78 is 4.65. The number of esters is 1. The molecule has 1 saturated heterocycles. The van der Waals surface area contributed by atoms with Crippen molar-refractivity contribution in [3.63, 3.8) is 0 Å². The van der Waals surface area contributed by atoms with Gasteiger partial charge in [-0.05, 0) is 6.92 Å². The number of hydrogen-bond acceptors (Lipinski definition) is 7. The second-order valence-electron chi connectivity index (χ2n) is 5.03. The van der Waals surface area contributed by atoms with Crippen molar-refractivity contribution in [1.82, 2.24) is 5.32 Å². The minimum absolute atomic E-state index is 0.202. The summed E-state index contributed by atoms with van der Waals surface area (Å²) in [5.74, 6) is -3.57. The number of ketones is 1. The Bertz CT molecular complexity index is 626. The van der Waals surface area contributed by atoms with Gasteiger partial charge in [0.05, 0.1) is 18.1 Å². The van der Waals surface area contributed by atoms with Gasteiger partial charge in [0.2, 0.25) is 5.91 Å². The standard InChI is InChI=1S/C14H17N3O6S/c1-4-5-23-14(22)10(17-15)11(20)12(24-7(3)19)9-8(6(2)18)13(21)16-9/h4,6,8-9,12,18H,1,5H2,2-3H3,(H,16,21)/t6-,8-,9+,12-/m1/s1. The topological polar surface area (TPSA) is 146 Å². The van der Waals surface area contributed by atoms with Crippen LogP contribution in [-0.2, 0) is 23.9 Å². The molecule has 0 radical (unpaired) electrons. The molecule has 4 atom stereocenters. The van der Waals surface area contributed by atoms with Gasteiger partial charge < -0.3 is 20.7 Å². The minimum Gasteiger partial charge on any atom is -0.453 e. The SMILES string of the molecule is C=CCOC(=O)C(=[N+]=[N-])C(=O)[C@H](SC(C)=O)[C@H]1NC(=O)[C@@H]1[C@@H](C)O. The van der Waals surface area contributed by atoms with Crippen LogP contribution < -0.4 is 5.32 Å². The van der Waals surface area contributed by atoms with Crippen LogP contribution in [0, 0.1) is 5.92 Å². The average molecular weight is 355 g/mol. The summed E-state index contributed by atoms with van der Waals surface area (Å²) in [6.45, 7) is 5.71. The van der Waals surface area contributed by atoms with Crippen molar-refractivity contribution in [3.05, 3.63) is 18.2 Å². The predicted octanol–water partition coefficient (Wildman–Crippen LogP) is -0.901. The van der Waals surface area contributed by atoms with Crippen molar-refractivity contribution in [3.8, 4) is 0 Å². The van der Waals surface area contributed by atoms with E-state index < -0.39 is 51.8 Å². The van der Waals surface area contributed by atoms with E-state index >= 15 is 0 Å². The molecule has 0 aromatic rings. The second-order valence-corrected chi connectivity index (χ2v) is 6.35. The van der Waals surface area contributed by atoms with E-state index in [9.17, 15) is 24.3 Å². The predicted molar refractivity (Wildman–Crippen MR) is 84.0 cm³/mol. The fourth-order valence-corrected chi connectivity index (χ4v) is 3.16. The van der Waals surface area contributed by atoms with Crippen LogP contribution in [0.25, 0.3) is 5.53 Å².